The smallest absolute Gasteiger partial charge is 0.181 e. The van der Waals surface area contributed by atoms with E-state index in [4.69, 9.17) is 5.11 Å². The molecule has 4 heteroatoms. The molecule has 1 aromatic heterocycles. The molecule has 1 rings (SSSR count). The van der Waals surface area contributed by atoms with E-state index in [2.05, 4.69) is 0 Å². The van der Waals surface area contributed by atoms with E-state index in [1.165, 1.54) is 0 Å². The van der Waals surface area contributed by atoms with Crippen LogP contribution in [0.4, 0.5) is 0 Å². The lowest BCUT2D eigenvalue weighted by Crippen LogP contribution is -3.00. The number of aryl methyl sites for hydroxylation is 2. The molecule has 0 bridgehead atoms. The van der Waals surface area contributed by atoms with Gasteiger partial charge in [0.15, 0.2) is 11.4 Å². The van der Waals surface area contributed by atoms with Crippen molar-refractivity contribution in [3.63, 3.8) is 0 Å². The van der Waals surface area contributed by atoms with Crippen molar-refractivity contribution in [1.82, 2.24) is 0 Å². The predicted molar refractivity (Wildman–Crippen MR) is 42.4 cm³/mol. The largest absolute Gasteiger partial charge is 1.00 e. The van der Waals surface area contributed by atoms with Crippen LogP contribution in [0.1, 0.15) is 11.4 Å². The second kappa shape index (κ2) is 4.95. The van der Waals surface area contributed by atoms with Crippen LogP contribution in [0.15, 0.2) is 12.1 Å². The molecule has 0 atom stereocenters. The van der Waals surface area contributed by atoms with Crippen LogP contribution in [0.3, 0.4) is 0 Å². The molecule has 0 amide bonds. The molecule has 0 unspecified atom stereocenters. The van der Waals surface area contributed by atoms with E-state index in [1.807, 2.05) is 25.5 Å². The summed E-state index contributed by atoms with van der Waals surface area (Å²) in [5.41, 5.74) is 2.13. The lowest BCUT2D eigenvalue weighted by molar-refractivity contribution is -0.683. The molecular weight excluding hydrogens is 178 g/mol. The van der Waals surface area contributed by atoms with Gasteiger partial charge in [0.05, 0.1) is 0 Å². The Morgan fingerprint density at radius 3 is 1.83 bits per heavy atom. The van der Waals surface area contributed by atoms with E-state index >= 15 is 0 Å². The van der Waals surface area contributed by atoms with Crippen molar-refractivity contribution in [3.05, 3.63) is 23.5 Å². The number of halogens is 1. The molecule has 0 aromatic carbocycles. The van der Waals surface area contributed by atoms with Gasteiger partial charge in [0, 0.05) is 26.0 Å². The highest BCUT2D eigenvalue weighted by atomic mass is 35.5. The Labute approximate surface area is 78.4 Å². The van der Waals surface area contributed by atoms with E-state index in [1.54, 1.807) is 12.1 Å². The highest BCUT2D eigenvalue weighted by Crippen LogP contribution is 2.08. The Hall–Kier alpha value is -0.800. The zero-order valence-corrected chi connectivity index (χ0v) is 8.18. The van der Waals surface area contributed by atoms with Gasteiger partial charge in [-0.15, -0.1) is 0 Å². The lowest BCUT2D eigenvalue weighted by Gasteiger charge is -1.97. The van der Waals surface area contributed by atoms with Gasteiger partial charge in [-0.3, -0.25) is 0 Å². The first-order valence-corrected chi connectivity index (χ1v) is 3.27. The standard InChI is InChI=1S/C8H11NO.ClH.H2O/c1-6-4-8(10)5-7(2)9(6)3;;/h4-5H,1-3H3;1H;1H2. The molecule has 1 heterocycles. The predicted octanol–water partition coefficient (Wildman–Crippen LogP) is -2.99. The third-order valence-corrected chi connectivity index (χ3v) is 1.77. The van der Waals surface area contributed by atoms with Gasteiger partial charge in [0.25, 0.3) is 0 Å². The Kier molecular flexibility index (Phi) is 5.68. The van der Waals surface area contributed by atoms with Gasteiger partial charge in [-0.1, -0.05) is 0 Å². The number of nitrogens with zero attached hydrogens (tertiary/aromatic N) is 1. The van der Waals surface area contributed by atoms with Crippen molar-refractivity contribution in [2.24, 2.45) is 7.05 Å². The summed E-state index contributed by atoms with van der Waals surface area (Å²) < 4.78 is 2.03. The number of aromatic nitrogens is 1. The molecule has 0 aliphatic carbocycles. The minimum atomic E-state index is 0. The van der Waals surface area contributed by atoms with Crippen LogP contribution < -0.4 is 17.0 Å². The molecule has 70 valence electrons. The number of hydrogen-bond acceptors (Lipinski definition) is 1. The summed E-state index contributed by atoms with van der Waals surface area (Å²) in [5.74, 6) is 0.341. The zero-order valence-electron chi connectivity index (χ0n) is 7.43. The molecular formula is C8H14ClNO2. The Balaban J connectivity index is 0. The van der Waals surface area contributed by atoms with E-state index in [-0.39, 0.29) is 17.9 Å². The maximum absolute atomic E-state index is 9.10. The third kappa shape index (κ3) is 2.68. The van der Waals surface area contributed by atoms with Crippen molar-refractivity contribution < 1.29 is 27.6 Å². The van der Waals surface area contributed by atoms with Gasteiger partial charge in [-0.25, -0.2) is 4.57 Å². The summed E-state index contributed by atoms with van der Waals surface area (Å²) in [5, 5.41) is 9.10. The summed E-state index contributed by atoms with van der Waals surface area (Å²) in [6.45, 7) is 3.93. The average molecular weight is 192 g/mol. The molecule has 0 saturated carbocycles. The Morgan fingerprint density at radius 1 is 1.17 bits per heavy atom. The molecule has 0 radical (unpaired) electrons. The van der Waals surface area contributed by atoms with Crippen molar-refractivity contribution >= 4 is 0 Å². The quantitative estimate of drug-likeness (QED) is 0.437. The molecule has 0 fully saturated rings. The summed E-state index contributed by atoms with van der Waals surface area (Å²) in [7, 11) is 1.98. The maximum atomic E-state index is 9.10. The number of hydrogen-bond donors (Lipinski definition) is 1. The highest BCUT2D eigenvalue weighted by Gasteiger charge is 2.05. The summed E-state index contributed by atoms with van der Waals surface area (Å²) in [4.78, 5) is 0. The zero-order chi connectivity index (χ0) is 7.72. The van der Waals surface area contributed by atoms with Gasteiger partial charge in [-0.2, -0.15) is 0 Å². The van der Waals surface area contributed by atoms with Crippen LogP contribution >= 0.6 is 0 Å². The van der Waals surface area contributed by atoms with E-state index in [0.29, 0.717) is 5.75 Å². The van der Waals surface area contributed by atoms with Crippen molar-refractivity contribution in [1.29, 1.82) is 0 Å². The van der Waals surface area contributed by atoms with Crippen molar-refractivity contribution in [2.45, 2.75) is 13.8 Å². The van der Waals surface area contributed by atoms with Gasteiger partial charge in [-0.05, 0) is 0 Å². The monoisotopic (exact) mass is 191 g/mol. The molecule has 0 aliphatic rings. The SMILES string of the molecule is Cc1cc(O)cc(C)[n+]1C.O.[Cl-]. The van der Waals surface area contributed by atoms with Gasteiger partial charge in [0.2, 0.25) is 0 Å². The Bertz CT molecular complexity index is 240. The molecule has 0 saturated heterocycles. The summed E-state index contributed by atoms with van der Waals surface area (Å²) in [6.07, 6.45) is 0. The fraction of sp³-hybridized carbons (Fsp3) is 0.375. The minimum Gasteiger partial charge on any atom is -1.00 e. The first-order valence-electron chi connectivity index (χ1n) is 3.27. The molecule has 1 aromatic rings. The highest BCUT2D eigenvalue weighted by molar-refractivity contribution is 5.20. The van der Waals surface area contributed by atoms with E-state index in [9.17, 15) is 0 Å². The normalized spacial score (nSPS) is 8.25. The van der Waals surface area contributed by atoms with Crippen LogP contribution in [0.2, 0.25) is 0 Å². The summed E-state index contributed by atoms with van der Waals surface area (Å²) in [6, 6.07) is 3.49. The van der Waals surface area contributed by atoms with Crippen molar-refractivity contribution in [3.8, 4) is 5.75 Å². The van der Waals surface area contributed by atoms with Crippen LogP contribution in [0.5, 0.6) is 5.75 Å². The van der Waals surface area contributed by atoms with Gasteiger partial charge >= 0.3 is 0 Å². The first-order chi connectivity index (χ1) is 4.61. The molecule has 3 nitrogen and oxygen atoms in total. The molecule has 12 heavy (non-hydrogen) atoms. The molecule has 3 N–H and O–H groups in total. The number of rotatable bonds is 0. The van der Waals surface area contributed by atoms with Gasteiger partial charge in [0.1, 0.15) is 12.8 Å². The molecule has 0 aliphatic heterocycles. The fourth-order valence-corrected chi connectivity index (χ4v) is 0.942. The van der Waals surface area contributed by atoms with Crippen LogP contribution in [0, 0.1) is 13.8 Å². The number of aromatic hydroxyl groups is 1. The first kappa shape index (κ1) is 13.8. The average Bonchev–Trinajstić information content (AvgIpc) is 1.82. The van der Waals surface area contributed by atoms with Crippen molar-refractivity contribution in [2.75, 3.05) is 0 Å². The fourth-order valence-electron chi connectivity index (χ4n) is 0.942. The lowest BCUT2D eigenvalue weighted by atomic mass is 10.3. The molecule has 0 spiro atoms. The Morgan fingerprint density at radius 2 is 1.50 bits per heavy atom. The van der Waals surface area contributed by atoms with Crippen LogP contribution in [0.25, 0.3) is 0 Å². The minimum absolute atomic E-state index is 0. The summed E-state index contributed by atoms with van der Waals surface area (Å²) >= 11 is 0. The van der Waals surface area contributed by atoms with Crippen LogP contribution in [-0.4, -0.2) is 10.6 Å². The second-order valence-corrected chi connectivity index (χ2v) is 2.56. The number of pyridine rings is 1. The van der Waals surface area contributed by atoms with Crippen LogP contribution in [-0.2, 0) is 7.05 Å². The van der Waals surface area contributed by atoms with E-state index < -0.39 is 0 Å². The third-order valence-electron chi connectivity index (χ3n) is 1.77. The van der Waals surface area contributed by atoms with Gasteiger partial charge < -0.3 is 23.0 Å². The second-order valence-electron chi connectivity index (χ2n) is 2.56. The topological polar surface area (TPSA) is 55.6 Å². The maximum Gasteiger partial charge on any atom is 0.181 e. The van der Waals surface area contributed by atoms with E-state index in [0.717, 1.165) is 11.4 Å².